The zero-order valence-corrected chi connectivity index (χ0v) is 12.9. The molecule has 19 heavy (non-hydrogen) atoms. The van der Waals surface area contributed by atoms with Crippen molar-refractivity contribution in [2.75, 3.05) is 19.1 Å². The number of nitrogen functional groups attached to an aromatic ring is 1. The first kappa shape index (κ1) is 14.5. The lowest BCUT2D eigenvalue weighted by atomic mass is 10.5. The van der Waals surface area contributed by atoms with Gasteiger partial charge in [0.25, 0.3) is 5.82 Å². The average molecular weight is 305 g/mol. The van der Waals surface area contributed by atoms with Crippen molar-refractivity contribution in [3.63, 3.8) is 0 Å². The maximum atomic E-state index is 12.8. The minimum Gasteiger partial charge on any atom is -0.303 e. The second-order valence-electron chi connectivity index (χ2n) is 3.76. The number of hydrogen-bond donors (Lipinski definition) is 1. The Hall–Kier alpha value is -0.950. The molecule has 0 spiro atoms. The lowest BCUT2D eigenvalue weighted by Gasteiger charge is -2.12. The van der Waals surface area contributed by atoms with E-state index in [9.17, 15) is 4.57 Å². The van der Waals surface area contributed by atoms with Gasteiger partial charge in [-0.25, -0.2) is 0 Å². The van der Waals surface area contributed by atoms with Crippen molar-refractivity contribution >= 4 is 29.3 Å². The molecule has 0 aliphatic carbocycles. The summed E-state index contributed by atoms with van der Waals surface area (Å²) in [5.41, 5.74) is 0.426. The second-order valence-corrected chi connectivity index (χ2v) is 6.57. The molecule has 2 rings (SSSR count). The zero-order valence-electron chi connectivity index (χ0n) is 11.2. The van der Waals surface area contributed by atoms with Gasteiger partial charge in [0.1, 0.15) is 0 Å². The summed E-state index contributed by atoms with van der Waals surface area (Å²) in [7, 11) is -3.34. The summed E-state index contributed by atoms with van der Waals surface area (Å²) < 4.78 is 26.5. The van der Waals surface area contributed by atoms with Gasteiger partial charge >= 0.3 is 12.6 Å². The van der Waals surface area contributed by atoms with E-state index in [1.807, 2.05) is 6.92 Å². The third kappa shape index (κ3) is 2.41. The van der Waals surface area contributed by atoms with E-state index in [2.05, 4.69) is 5.10 Å². The minimum atomic E-state index is -3.34. The van der Waals surface area contributed by atoms with Gasteiger partial charge in [-0.15, -0.1) is 4.68 Å². The van der Waals surface area contributed by atoms with Gasteiger partial charge in [-0.2, -0.15) is 0 Å². The Morgan fingerprint density at radius 3 is 2.58 bits per heavy atom. The standard InChI is InChI=1S/C10H18N4O3PS/c1-4-8-12-14-9(7-19-10(14)13(8)11)18(15,16-5-2)17-6-3/h7H,4-6,11H2,1-3H3/q+1. The Labute approximate surface area is 115 Å². The molecule has 2 heterocycles. The summed E-state index contributed by atoms with van der Waals surface area (Å²) in [5, 5.41) is 6.07. The van der Waals surface area contributed by atoms with E-state index in [1.165, 1.54) is 16.0 Å². The van der Waals surface area contributed by atoms with Crippen LogP contribution in [0.25, 0.3) is 4.96 Å². The third-order valence-corrected chi connectivity index (χ3v) is 5.73. The van der Waals surface area contributed by atoms with Crippen LogP contribution in [-0.4, -0.2) is 22.8 Å². The van der Waals surface area contributed by atoms with Crippen LogP contribution in [0.15, 0.2) is 5.38 Å². The van der Waals surface area contributed by atoms with Gasteiger partial charge in [-0.05, 0) is 13.8 Å². The van der Waals surface area contributed by atoms with Gasteiger partial charge in [-0.1, -0.05) is 22.8 Å². The highest BCUT2D eigenvalue weighted by Crippen LogP contribution is 2.47. The molecule has 0 saturated heterocycles. The first-order valence-electron chi connectivity index (χ1n) is 6.13. The lowest BCUT2D eigenvalue weighted by Crippen LogP contribution is -2.46. The Bertz CT molecular complexity index is 614. The highest BCUT2D eigenvalue weighted by atomic mass is 32.1. The van der Waals surface area contributed by atoms with Crippen molar-refractivity contribution in [2.24, 2.45) is 0 Å². The Balaban J connectivity index is 2.57. The van der Waals surface area contributed by atoms with Crippen molar-refractivity contribution in [2.45, 2.75) is 27.2 Å². The molecule has 0 saturated carbocycles. The van der Waals surface area contributed by atoms with Crippen molar-refractivity contribution in [1.82, 2.24) is 9.61 Å². The molecule has 0 aromatic carbocycles. The highest BCUT2D eigenvalue weighted by molar-refractivity contribution is 7.62. The summed E-state index contributed by atoms with van der Waals surface area (Å²) in [6.07, 6.45) is 0.692. The van der Waals surface area contributed by atoms with Gasteiger partial charge < -0.3 is 9.05 Å². The van der Waals surface area contributed by atoms with Crippen LogP contribution in [0.5, 0.6) is 0 Å². The van der Waals surface area contributed by atoms with E-state index in [-0.39, 0.29) is 0 Å². The predicted molar refractivity (Wildman–Crippen MR) is 73.3 cm³/mol. The van der Waals surface area contributed by atoms with Crippen LogP contribution in [0.4, 0.5) is 0 Å². The molecule has 2 aromatic rings. The van der Waals surface area contributed by atoms with E-state index < -0.39 is 7.60 Å². The summed E-state index contributed by atoms with van der Waals surface area (Å²) >= 11 is 1.36. The highest BCUT2D eigenvalue weighted by Gasteiger charge is 2.37. The number of rotatable bonds is 6. The fraction of sp³-hybridized carbons (Fsp3) is 0.600. The van der Waals surface area contributed by atoms with Crippen molar-refractivity contribution in [3.05, 3.63) is 11.2 Å². The molecule has 0 aliphatic heterocycles. The molecule has 0 radical (unpaired) electrons. The Kier molecular flexibility index (Phi) is 4.25. The molecule has 0 aliphatic rings. The van der Waals surface area contributed by atoms with E-state index in [4.69, 9.17) is 14.9 Å². The average Bonchev–Trinajstić information content (AvgIpc) is 2.91. The quantitative estimate of drug-likeness (QED) is 0.486. The van der Waals surface area contributed by atoms with Gasteiger partial charge in [0.2, 0.25) is 5.44 Å². The molecular formula is C10H18N4O3PS+. The van der Waals surface area contributed by atoms with Crippen LogP contribution in [0.1, 0.15) is 26.6 Å². The summed E-state index contributed by atoms with van der Waals surface area (Å²) in [6.45, 7) is 6.12. The van der Waals surface area contributed by atoms with Crippen LogP contribution < -0.4 is 16.0 Å². The number of aromatic nitrogens is 3. The zero-order chi connectivity index (χ0) is 14.0. The van der Waals surface area contributed by atoms with Crippen molar-refractivity contribution in [3.8, 4) is 0 Å². The number of nitrogens with zero attached hydrogens (tertiary/aromatic N) is 3. The summed E-state index contributed by atoms with van der Waals surface area (Å²) in [5.74, 6) is 6.64. The van der Waals surface area contributed by atoms with E-state index >= 15 is 0 Å². The van der Waals surface area contributed by atoms with Gasteiger partial charge in [0.05, 0.1) is 13.2 Å². The van der Waals surface area contributed by atoms with E-state index in [0.29, 0.717) is 35.9 Å². The van der Waals surface area contributed by atoms with Crippen LogP contribution >= 0.6 is 18.9 Å². The summed E-state index contributed by atoms with van der Waals surface area (Å²) in [4.78, 5) is 0.700. The van der Waals surface area contributed by atoms with Crippen LogP contribution in [0, 0.1) is 0 Å². The molecule has 106 valence electrons. The maximum Gasteiger partial charge on any atom is 0.397 e. The molecule has 0 atom stereocenters. The van der Waals surface area contributed by atoms with Crippen molar-refractivity contribution in [1.29, 1.82) is 0 Å². The predicted octanol–water partition coefficient (Wildman–Crippen LogP) is 0.851. The van der Waals surface area contributed by atoms with Gasteiger partial charge in [0, 0.05) is 16.9 Å². The molecule has 0 unspecified atom stereocenters. The molecule has 0 fully saturated rings. The Morgan fingerprint density at radius 1 is 1.42 bits per heavy atom. The second kappa shape index (κ2) is 5.58. The molecule has 9 heteroatoms. The number of nitrogens with two attached hydrogens (primary N) is 1. The molecule has 7 nitrogen and oxygen atoms in total. The fourth-order valence-electron chi connectivity index (χ4n) is 1.76. The van der Waals surface area contributed by atoms with Gasteiger partial charge in [0.15, 0.2) is 0 Å². The molecule has 2 aromatic heterocycles. The Morgan fingerprint density at radius 2 is 2.05 bits per heavy atom. The van der Waals surface area contributed by atoms with Crippen molar-refractivity contribution < 1.29 is 18.3 Å². The lowest BCUT2D eigenvalue weighted by molar-refractivity contribution is -0.618. The largest absolute Gasteiger partial charge is 0.397 e. The maximum absolute atomic E-state index is 12.8. The first-order chi connectivity index (χ1) is 9.07. The monoisotopic (exact) mass is 305 g/mol. The molecule has 2 N–H and O–H groups in total. The third-order valence-electron chi connectivity index (χ3n) is 2.56. The smallest absolute Gasteiger partial charge is 0.303 e. The SMILES string of the molecule is CCOP(=O)(OCC)c1csc2n1nc(CC)[n+]2N. The van der Waals surface area contributed by atoms with E-state index in [1.54, 1.807) is 23.7 Å². The number of aryl methyl sites for hydroxylation is 1. The number of thiazole rings is 1. The van der Waals surface area contributed by atoms with E-state index in [0.717, 1.165) is 0 Å². The van der Waals surface area contributed by atoms with Crippen LogP contribution in [0.2, 0.25) is 0 Å². The minimum absolute atomic E-state index is 0.305. The summed E-state index contributed by atoms with van der Waals surface area (Å²) in [6, 6.07) is 0. The number of fused-ring (bicyclic) bond motifs is 1. The number of hydrogen-bond acceptors (Lipinski definition) is 6. The molecular weight excluding hydrogens is 287 g/mol. The topological polar surface area (TPSA) is 82.7 Å². The van der Waals surface area contributed by atoms with Crippen LogP contribution in [0.3, 0.4) is 0 Å². The normalized spacial score (nSPS) is 12.4. The van der Waals surface area contributed by atoms with Gasteiger partial charge in [-0.3, -0.25) is 10.4 Å². The first-order valence-corrected chi connectivity index (χ1v) is 8.55. The molecule has 0 bridgehead atoms. The fourth-order valence-corrected chi connectivity index (χ4v) is 4.66. The van der Waals surface area contributed by atoms with Crippen LogP contribution in [-0.2, 0) is 20.0 Å². The molecule has 0 amide bonds.